The van der Waals surface area contributed by atoms with E-state index in [1.165, 1.54) is 24.5 Å². The molecule has 24 heavy (non-hydrogen) atoms. The van der Waals surface area contributed by atoms with Crippen molar-refractivity contribution in [3.8, 4) is 0 Å². The van der Waals surface area contributed by atoms with E-state index < -0.39 is 10.0 Å². The van der Waals surface area contributed by atoms with Gasteiger partial charge in [-0.25, -0.2) is 13.1 Å². The summed E-state index contributed by atoms with van der Waals surface area (Å²) in [6.45, 7) is 2.00. The van der Waals surface area contributed by atoms with Crippen LogP contribution in [0, 0.1) is 6.92 Å². The largest absolute Gasteiger partial charge is 0.355 e. The summed E-state index contributed by atoms with van der Waals surface area (Å²) in [6, 6.07) is 2.98. The monoisotopic (exact) mass is 372 g/mol. The molecule has 2 aromatic heterocycles. The van der Waals surface area contributed by atoms with E-state index in [0.717, 1.165) is 0 Å². The predicted molar refractivity (Wildman–Crippen MR) is 87.0 cm³/mol. The highest BCUT2D eigenvalue weighted by atomic mass is 35.5. The number of carbonyl (C=O) groups is 1. The molecule has 0 aliphatic rings. The van der Waals surface area contributed by atoms with Crippen LogP contribution in [0.1, 0.15) is 17.7 Å². The fourth-order valence-corrected chi connectivity index (χ4v) is 3.20. The predicted octanol–water partition coefficient (Wildman–Crippen LogP) is 1.06. The van der Waals surface area contributed by atoms with E-state index in [-0.39, 0.29) is 35.5 Å². The molecule has 8 nitrogen and oxygen atoms in total. The number of nitrogens with zero attached hydrogens (tertiary/aromatic N) is 2. The Kier molecular flexibility index (Phi) is 6.29. The van der Waals surface area contributed by atoms with Gasteiger partial charge in [-0.2, -0.15) is 0 Å². The van der Waals surface area contributed by atoms with Gasteiger partial charge >= 0.3 is 0 Å². The number of aromatic nitrogens is 2. The molecule has 130 valence electrons. The maximum Gasteiger partial charge on any atom is 0.242 e. The first-order chi connectivity index (χ1) is 11.4. The Morgan fingerprint density at radius 1 is 1.38 bits per heavy atom. The van der Waals surface area contributed by atoms with Crippen molar-refractivity contribution < 1.29 is 17.7 Å². The van der Waals surface area contributed by atoms with Crippen LogP contribution in [-0.4, -0.2) is 37.6 Å². The molecule has 0 spiro atoms. The third-order valence-electron chi connectivity index (χ3n) is 3.22. The first-order valence-electron chi connectivity index (χ1n) is 7.17. The summed E-state index contributed by atoms with van der Waals surface area (Å²) in [6.07, 6.45) is 3.35. The number of hydrogen-bond acceptors (Lipinski definition) is 6. The average molecular weight is 373 g/mol. The molecule has 0 fully saturated rings. The normalized spacial score (nSPS) is 11.4. The van der Waals surface area contributed by atoms with Crippen molar-refractivity contribution in [1.82, 2.24) is 20.2 Å². The molecule has 0 aliphatic heterocycles. The number of amides is 1. The molecule has 0 aliphatic carbocycles. The molecule has 0 saturated heterocycles. The molecule has 0 unspecified atom stereocenters. The smallest absolute Gasteiger partial charge is 0.242 e. The molecule has 2 N–H and O–H groups in total. The highest BCUT2D eigenvalue weighted by Crippen LogP contribution is 2.20. The van der Waals surface area contributed by atoms with Crippen LogP contribution >= 0.6 is 11.6 Å². The maximum absolute atomic E-state index is 11.9. The van der Waals surface area contributed by atoms with Crippen molar-refractivity contribution >= 4 is 27.5 Å². The fraction of sp³-hybridized carbons (Fsp3) is 0.357. The average Bonchev–Trinajstić information content (AvgIpc) is 2.89. The van der Waals surface area contributed by atoms with Gasteiger partial charge in [0.25, 0.3) is 0 Å². The molecule has 1 amide bonds. The fourth-order valence-electron chi connectivity index (χ4n) is 1.94. The summed E-state index contributed by atoms with van der Waals surface area (Å²) in [4.78, 5) is 15.6. The lowest BCUT2D eigenvalue weighted by atomic mass is 10.1. The van der Waals surface area contributed by atoms with Crippen molar-refractivity contribution in [2.24, 2.45) is 0 Å². The minimum Gasteiger partial charge on any atom is -0.355 e. The van der Waals surface area contributed by atoms with Gasteiger partial charge in [-0.3, -0.25) is 9.78 Å². The number of sulfonamides is 1. The van der Waals surface area contributed by atoms with Crippen LogP contribution < -0.4 is 10.0 Å². The standard InChI is InChI=1S/C14H17ClN4O4S/c1-10-12(14(15)23-19-10)4-5-13(20)17-7-8-18-24(21,22)11-3-2-6-16-9-11/h2-3,6,9,18H,4-5,7-8H2,1H3,(H,17,20). The quantitative estimate of drug-likeness (QED) is 0.669. The zero-order valence-electron chi connectivity index (χ0n) is 13.0. The molecule has 0 bridgehead atoms. The van der Waals surface area contributed by atoms with Gasteiger partial charge in [-0.15, -0.1) is 0 Å². The molecule has 0 aromatic carbocycles. The molecule has 2 rings (SSSR count). The minimum atomic E-state index is -3.62. The number of pyridine rings is 1. The Morgan fingerprint density at radius 3 is 2.79 bits per heavy atom. The molecule has 2 heterocycles. The molecule has 10 heteroatoms. The maximum atomic E-state index is 11.9. The highest BCUT2D eigenvalue weighted by Gasteiger charge is 2.14. The molecule has 0 saturated carbocycles. The van der Waals surface area contributed by atoms with Crippen LogP contribution in [0.15, 0.2) is 33.9 Å². The van der Waals surface area contributed by atoms with Gasteiger partial charge in [-0.1, -0.05) is 5.16 Å². The number of nitrogens with one attached hydrogen (secondary N) is 2. The van der Waals surface area contributed by atoms with E-state index in [1.54, 1.807) is 6.92 Å². The summed E-state index contributed by atoms with van der Waals surface area (Å²) in [7, 11) is -3.62. The van der Waals surface area contributed by atoms with E-state index in [9.17, 15) is 13.2 Å². The summed E-state index contributed by atoms with van der Waals surface area (Å²) in [5, 5.41) is 6.52. The highest BCUT2D eigenvalue weighted by molar-refractivity contribution is 7.89. The number of rotatable bonds is 8. The Hall–Kier alpha value is -1.97. The Bertz CT molecular complexity index is 773. The third-order valence-corrected chi connectivity index (χ3v) is 4.97. The van der Waals surface area contributed by atoms with E-state index in [1.807, 2.05) is 0 Å². The molecule has 0 atom stereocenters. The molecular formula is C14H17ClN4O4S. The lowest BCUT2D eigenvalue weighted by molar-refractivity contribution is -0.121. The molecule has 0 radical (unpaired) electrons. The van der Waals surface area contributed by atoms with E-state index in [4.69, 9.17) is 16.1 Å². The zero-order chi connectivity index (χ0) is 17.6. The lowest BCUT2D eigenvalue weighted by Gasteiger charge is -2.07. The van der Waals surface area contributed by atoms with Crippen molar-refractivity contribution in [1.29, 1.82) is 0 Å². The number of halogens is 1. The second-order valence-corrected chi connectivity index (χ2v) is 7.07. The van der Waals surface area contributed by atoms with Gasteiger partial charge in [0.15, 0.2) is 0 Å². The van der Waals surface area contributed by atoms with Crippen molar-refractivity contribution in [3.63, 3.8) is 0 Å². The number of hydrogen-bond donors (Lipinski definition) is 2. The van der Waals surface area contributed by atoms with Gasteiger partial charge in [0.1, 0.15) is 4.90 Å². The van der Waals surface area contributed by atoms with Crippen LogP contribution in [0.2, 0.25) is 5.22 Å². The summed E-state index contributed by atoms with van der Waals surface area (Å²) in [5.74, 6) is -0.216. The van der Waals surface area contributed by atoms with Crippen LogP contribution in [0.4, 0.5) is 0 Å². The van der Waals surface area contributed by atoms with Crippen molar-refractivity contribution in [2.75, 3.05) is 13.1 Å². The Labute approximate surface area is 144 Å². The summed E-state index contributed by atoms with van der Waals surface area (Å²) in [5.41, 5.74) is 1.35. The van der Waals surface area contributed by atoms with Crippen LogP contribution in [0.25, 0.3) is 0 Å². The SMILES string of the molecule is Cc1noc(Cl)c1CCC(=O)NCCNS(=O)(=O)c1cccnc1. The topological polar surface area (TPSA) is 114 Å². The van der Waals surface area contributed by atoms with Crippen molar-refractivity contribution in [3.05, 3.63) is 41.0 Å². The third kappa shape index (κ3) is 5.02. The lowest BCUT2D eigenvalue weighted by Crippen LogP contribution is -2.34. The van der Waals surface area contributed by atoms with Gasteiger partial charge in [-0.05, 0) is 37.1 Å². The van der Waals surface area contributed by atoms with Gasteiger partial charge < -0.3 is 9.84 Å². The molecule has 2 aromatic rings. The second-order valence-electron chi connectivity index (χ2n) is 4.96. The first kappa shape index (κ1) is 18.4. The summed E-state index contributed by atoms with van der Waals surface area (Å²) < 4.78 is 31.1. The first-order valence-corrected chi connectivity index (χ1v) is 9.03. The van der Waals surface area contributed by atoms with Gasteiger partial charge in [0, 0.05) is 37.5 Å². The second kappa shape index (κ2) is 8.22. The Morgan fingerprint density at radius 2 is 2.17 bits per heavy atom. The van der Waals surface area contributed by atoms with E-state index in [0.29, 0.717) is 17.7 Å². The van der Waals surface area contributed by atoms with E-state index >= 15 is 0 Å². The zero-order valence-corrected chi connectivity index (χ0v) is 14.5. The van der Waals surface area contributed by atoms with Crippen LogP contribution in [0.5, 0.6) is 0 Å². The summed E-state index contributed by atoms with van der Waals surface area (Å²) >= 11 is 5.82. The van der Waals surface area contributed by atoms with Gasteiger partial charge in [0.2, 0.25) is 21.1 Å². The van der Waals surface area contributed by atoms with Gasteiger partial charge in [0.05, 0.1) is 5.69 Å². The van der Waals surface area contributed by atoms with Crippen LogP contribution in [-0.2, 0) is 21.2 Å². The number of aryl methyl sites for hydroxylation is 1. The van der Waals surface area contributed by atoms with Crippen LogP contribution in [0.3, 0.4) is 0 Å². The number of carbonyl (C=O) groups excluding carboxylic acids is 1. The van der Waals surface area contributed by atoms with E-state index in [2.05, 4.69) is 20.2 Å². The van der Waals surface area contributed by atoms with Crippen molar-refractivity contribution in [2.45, 2.75) is 24.7 Å². The minimum absolute atomic E-state index is 0.0777. The Balaban J connectivity index is 1.71. The molecular weight excluding hydrogens is 356 g/mol.